The molecule has 1 atom stereocenters. The molecule has 1 aromatic carbocycles. The van der Waals surface area contributed by atoms with Gasteiger partial charge in [0.15, 0.2) is 0 Å². The Morgan fingerprint density at radius 2 is 2.31 bits per heavy atom. The van der Waals surface area contributed by atoms with E-state index in [4.69, 9.17) is 10.5 Å². The van der Waals surface area contributed by atoms with Crippen LogP contribution < -0.4 is 10.5 Å². The lowest BCUT2D eigenvalue weighted by Crippen LogP contribution is -2.08. The third-order valence-corrected chi connectivity index (χ3v) is 2.23. The summed E-state index contributed by atoms with van der Waals surface area (Å²) in [5, 5.41) is 20.3. The van der Waals surface area contributed by atoms with Gasteiger partial charge in [0.1, 0.15) is 5.75 Å². The molecule has 1 aromatic rings. The standard InChI is InChI=1S/C10H14N2O4/c1-16-10-6-7(12(14)15)2-3-8(10)9(13)4-5-11/h2-3,6,9,13H,4-5,11H2,1H3/t9-/m1/s1. The Bertz CT molecular complexity index is 381. The molecule has 0 aliphatic carbocycles. The van der Waals surface area contributed by atoms with E-state index >= 15 is 0 Å². The molecule has 1 rings (SSSR count). The number of methoxy groups -OCH3 is 1. The van der Waals surface area contributed by atoms with Gasteiger partial charge in [-0.05, 0) is 19.0 Å². The molecule has 0 radical (unpaired) electrons. The van der Waals surface area contributed by atoms with Gasteiger partial charge in [0, 0.05) is 11.6 Å². The van der Waals surface area contributed by atoms with Crippen molar-refractivity contribution >= 4 is 5.69 Å². The second-order valence-electron chi connectivity index (χ2n) is 3.28. The summed E-state index contributed by atoms with van der Waals surface area (Å²) < 4.78 is 5.00. The van der Waals surface area contributed by atoms with Crippen molar-refractivity contribution in [3.8, 4) is 5.75 Å². The quantitative estimate of drug-likeness (QED) is 0.576. The predicted octanol–water partition coefficient (Wildman–Crippen LogP) is 0.986. The lowest BCUT2D eigenvalue weighted by Gasteiger charge is -2.13. The summed E-state index contributed by atoms with van der Waals surface area (Å²) in [5.41, 5.74) is 5.77. The van der Waals surface area contributed by atoms with E-state index < -0.39 is 11.0 Å². The minimum Gasteiger partial charge on any atom is -0.496 e. The second kappa shape index (κ2) is 5.43. The number of hydrogen-bond donors (Lipinski definition) is 2. The molecule has 88 valence electrons. The Hall–Kier alpha value is -1.66. The number of ether oxygens (including phenoxy) is 1. The number of aliphatic hydroxyl groups is 1. The molecule has 0 aliphatic heterocycles. The summed E-state index contributed by atoms with van der Waals surface area (Å²) in [6.07, 6.45) is -0.380. The van der Waals surface area contributed by atoms with Crippen molar-refractivity contribution in [2.75, 3.05) is 13.7 Å². The number of nitro groups is 1. The highest BCUT2D eigenvalue weighted by Crippen LogP contribution is 2.30. The topological polar surface area (TPSA) is 98.6 Å². The molecule has 0 unspecified atom stereocenters. The van der Waals surface area contributed by atoms with Gasteiger partial charge in [-0.2, -0.15) is 0 Å². The van der Waals surface area contributed by atoms with E-state index in [1.807, 2.05) is 0 Å². The van der Waals surface area contributed by atoms with Gasteiger partial charge in [-0.3, -0.25) is 10.1 Å². The zero-order valence-corrected chi connectivity index (χ0v) is 8.92. The molecule has 0 spiro atoms. The van der Waals surface area contributed by atoms with Crippen LogP contribution in [-0.4, -0.2) is 23.7 Å². The molecule has 6 nitrogen and oxygen atoms in total. The van der Waals surface area contributed by atoms with Gasteiger partial charge in [0.05, 0.1) is 24.2 Å². The lowest BCUT2D eigenvalue weighted by molar-refractivity contribution is -0.385. The molecule has 0 heterocycles. The number of aliphatic hydroxyl groups excluding tert-OH is 1. The summed E-state index contributed by atoms with van der Waals surface area (Å²) in [7, 11) is 1.40. The lowest BCUT2D eigenvalue weighted by atomic mass is 10.0. The predicted molar refractivity (Wildman–Crippen MR) is 58.3 cm³/mol. The van der Waals surface area contributed by atoms with Crippen molar-refractivity contribution in [2.24, 2.45) is 5.73 Å². The number of nitro benzene ring substituents is 1. The van der Waals surface area contributed by atoms with Gasteiger partial charge < -0.3 is 15.6 Å². The third-order valence-electron chi connectivity index (χ3n) is 2.23. The number of rotatable bonds is 5. The third kappa shape index (κ3) is 2.68. The van der Waals surface area contributed by atoms with Crippen LogP contribution in [0.2, 0.25) is 0 Å². The number of hydrogen-bond acceptors (Lipinski definition) is 5. The summed E-state index contributed by atoms with van der Waals surface area (Å²) in [4.78, 5) is 10.0. The number of nitrogens with two attached hydrogens (primary N) is 1. The highest BCUT2D eigenvalue weighted by atomic mass is 16.6. The molecule has 0 saturated heterocycles. The highest BCUT2D eigenvalue weighted by Gasteiger charge is 2.16. The van der Waals surface area contributed by atoms with Gasteiger partial charge in [-0.1, -0.05) is 0 Å². The molecular formula is C10H14N2O4. The first kappa shape index (κ1) is 12.4. The van der Waals surface area contributed by atoms with Crippen LogP contribution in [0, 0.1) is 10.1 Å². The van der Waals surface area contributed by atoms with E-state index in [1.165, 1.54) is 25.3 Å². The van der Waals surface area contributed by atoms with E-state index in [9.17, 15) is 15.2 Å². The van der Waals surface area contributed by atoms with Crippen LogP contribution in [0.5, 0.6) is 5.75 Å². The highest BCUT2D eigenvalue weighted by molar-refractivity contribution is 5.45. The molecular weight excluding hydrogens is 212 g/mol. The van der Waals surface area contributed by atoms with Crippen LogP contribution in [0.1, 0.15) is 18.1 Å². The molecule has 0 fully saturated rings. The molecule has 3 N–H and O–H groups in total. The fraction of sp³-hybridized carbons (Fsp3) is 0.400. The van der Waals surface area contributed by atoms with Crippen molar-refractivity contribution in [3.05, 3.63) is 33.9 Å². The van der Waals surface area contributed by atoms with Crippen molar-refractivity contribution in [1.82, 2.24) is 0 Å². The van der Waals surface area contributed by atoms with Gasteiger partial charge in [0.2, 0.25) is 0 Å². The number of nitrogens with zero attached hydrogens (tertiary/aromatic N) is 1. The second-order valence-corrected chi connectivity index (χ2v) is 3.28. The Morgan fingerprint density at radius 1 is 1.62 bits per heavy atom. The fourth-order valence-corrected chi connectivity index (χ4v) is 1.40. The zero-order valence-electron chi connectivity index (χ0n) is 8.92. The van der Waals surface area contributed by atoms with E-state index in [1.54, 1.807) is 0 Å². The fourth-order valence-electron chi connectivity index (χ4n) is 1.40. The first-order valence-corrected chi connectivity index (χ1v) is 4.80. The Kier molecular flexibility index (Phi) is 4.21. The van der Waals surface area contributed by atoms with Crippen LogP contribution in [0.3, 0.4) is 0 Å². The molecule has 0 amide bonds. The normalized spacial score (nSPS) is 12.2. The monoisotopic (exact) mass is 226 g/mol. The molecule has 16 heavy (non-hydrogen) atoms. The van der Waals surface area contributed by atoms with Crippen LogP contribution in [0.25, 0.3) is 0 Å². The van der Waals surface area contributed by atoms with Crippen molar-refractivity contribution < 1.29 is 14.8 Å². The first-order chi connectivity index (χ1) is 7.60. The van der Waals surface area contributed by atoms with Crippen LogP contribution in [0.4, 0.5) is 5.69 Å². The smallest absolute Gasteiger partial charge is 0.273 e. The minimum absolute atomic E-state index is 0.0689. The summed E-state index contributed by atoms with van der Waals surface area (Å²) >= 11 is 0. The molecule has 0 aliphatic rings. The van der Waals surface area contributed by atoms with E-state index in [0.29, 0.717) is 24.3 Å². The van der Waals surface area contributed by atoms with Crippen LogP contribution in [0.15, 0.2) is 18.2 Å². The van der Waals surface area contributed by atoms with Gasteiger partial charge in [-0.15, -0.1) is 0 Å². The van der Waals surface area contributed by atoms with Gasteiger partial charge in [-0.25, -0.2) is 0 Å². The number of non-ortho nitro benzene ring substituents is 1. The van der Waals surface area contributed by atoms with Gasteiger partial charge >= 0.3 is 0 Å². The van der Waals surface area contributed by atoms with E-state index in [0.717, 1.165) is 0 Å². The first-order valence-electron chi connectivity index (χ1n) is 4.80. The largest absolute Gasteiger partial charge is 0.496 e. The summed E-state index contributed by atoms with van der Waals surface area (Å²) in [6.45, 7) is 0.335. The van der Waals surface area contributed by atoms with Gasteiger partial charge in [0.25, 0.3) is 5.69 Å². The summed E-state index contributed by atoms with van der Waals surface area (Å²) in [5.74, 6) is 0.301. The van der Waals surface area contributed by atoms with E-state index in [2.05, 4.69) is 0 Å². The molecule has 0 bridgehead atoms. The Morgan fingerprint density at radius 3 is 2.81 bits per heavy atom. The maximum atomic E-state index is 10.5. The Balaban J connectivity index is 3.06. The van der Waals surface area contributed by atoms with Crippen LogP contribution in [-0.2, 0) is 0 Å². The SMILES string of the molecule is COc1cc([N+](=O)[O-])ccc1[C@H](O)CCN. The minimum atomic E-state index is -0.763. The van der Waals surface area contributed by atoms with Crippen molar-refractivity contribution in [2.45, 2.75) is 12.5 Å². The maximum absolute atomic E-state index is 10.5. The number of benzene rings is 1. The zero-order chi connectivity index (χ0) is 12.1. The Labute approximate surface area is 92.8 Å². The molecule has 0 saturated carbocycles. The summed E-state index contributed by atoms with van der Waals surface area (Å²) in [6, 6.07) is 4.10. The molecule has 6 heteroatoms. The molecule has 0 aromatic heterocycles. The maximum Gasteiger partial charge on any atom is 0.273 e. The average molecular weight is 226 g/mol. The average Bonchev–Trinajstić information content (AvgIpc) is 2.28. The van der Waals surface area contributed by atoms with Crippen molar-refractivity contribution in [3.63, 3.8) is 0 Å². The van der Waals surface area contributed by atoms with Crippen LogP contribution >= 0.6 is 0 Å². The van der Waals surface area contributed by atoms with Crippen molar-refractivity contribution in [1.29, 1.82) is 0 Å². The van der Waals surface area contributed by atoms with E-state index in [-0.39, 0.29) is 5.69 Å².